The summed E-state index contributed by atoms with van der Waals surface area (Å²) in [7, 11) is 1.67. The highest BCUT2D eigenvalue weighted by Crippen LogP contribution is 2.29. The SMILES string of the molecule is COc1ccc(N2CC[NH+]([C@@H](C)C(=O)Nc3cccc(Cl)c3Cl)CC2)cc1. The van der Waals surface area contributed by atoms with E-state index in [0.717, 1.165) is 31.9 Å². The number of benzene rings is 2. The number of amides is 1. The van der Waals surface area contributed by atoms with E-state index in [9.17, 15) is 4.79 Å². The van der Waals surface area contributed by atoms with Crippen molar-refractivity contribution in [2.75, 3.05) is 43.5 Å². The summed E-state index contributed by atoms with van der Waals surface area (Å²) in [4.78, 5) is 16.2. The molecular weight excluding hydrogens is 385 g/mol. The normalized spacial score (nSPS) is 16.1. The van der Waals surface area contributed by atoms with Crippen molar-refractivity contribution in [2.24, 2.45) is 0 Å². The van der Waals surface area contributed by atoms with Gasteiger partial charge in [-0.1, -0.05) is 29.3 Å². The van der Waals surface area contributed by atoms with Gasteiger partial charge in [0.2, 0.25) is 0 Å². The summed E-state index contributed by atoms with van der Waals surface area (Å²) in [5.74, 6) is 0.806. The summed E-state index contributed by atoms with van der Waals surface area (Å²) in [5.41, 5.74) is 1.73. The number of halogens is 2. The van der Waals surface area contributed by atoms with E-state index < -0.39 is 0 Å². The first kappa shape index (κ1) is 19.8. The van der Waals surface area contributed by atoms with Crippen molar-refractivity contribution in [1.29, 1.82) is 0 Å². The Bertz CT molecular complexity index is 790. The third-order valence-electron chi connectivity index (χ3n) is 5.06. The van der Waals surface area contributed by atoms with Gasteiger partial charge < -0.3 is 19.9 Å². The van der Waals surface area contributed by atoms with Gasteiger partial charge in [-0.25, -0.2) is 0 Å². The van der Waals surface area contributed by atoms with Gasteiger partial charge in [0.15, 0.2) is 6.04 Å². The maximum atomic E-state index is 12.6. The highest BCUT2D eigenvalue weighted by Gasteiger charge is 2.29. The molecule has 1 heterocycles. The minimum Gasteiger partial charge on any atom is -0.497 e. The van der Waals surface area contributed by atoms with Gasteiger partial charge >= 0.3 is 0 Å². The van der Waals surface area contributed by atoms with E-state index in [0.29, 0.717) is 15.7 Å². The Hall–Kier alpha value is -1.95. The van der Waals surface area contributed by atoms with Crippen LogP contribution in [-0.2, 0) is 4.79 Å². The number of carbonyl (C=O) groups is 1. The van der Waals surface area contributed by atoms with Gasteiger partial charge in [-0.3, -0.25) is 4.79 Å². The van der Waals surface area contributed by atoms with Crippen LogP contribution < -0.4 is 19.9 Å². The first-order valence-electron chi connectivity index (χ1n) is 8.98. The molecule has 0 saturated carbocycles. The highest BCUT2D eigenvalue weighted by atomic mass is 35.5. The minimum atomic E-state index is -0.168. The number of nitrogens with one attached hydrogen (secondary N) is 2. The van der Waals surface area contributed by atoms with Crippen LogP contribution in [0.4, 0.5) is 11.4 Å². The van der Waals surface area contributed by atoms with Crippen LogP contribution in [0, 0.1) is 0 Å². The summed E-state index contributed by atoms with van der Waals surface area (Å²) < 4.78 is 5.21. The molecule has 7 heteroatoms. The largest absolute Gasteiger partial charge is 0.497 e. The molecule has 144 valence electrons. The number of hydrogen-bond donors (Lipinski definition) is 2. The van der Waals surface area contributed by atoms with Crippen LogP contribution >= 0.6 is 23.2 Å². The van der Waals surface area contributed by atoms with Crippen molar-refractivity contribution in [1.82, 2.24) is 0 Å². The topological polar surface area (TPSA) is 46.0 Å². The predicted octanol–water partition coefficient (Wildman–Crippen LogP) is 2.73. The smallest absolute Gasteiger partial charge is 0.282 e. The number of rotatable bonds is 5. The standard InChI is InChI=1S/C20H23Cl2N3O2/c1-14(20(26)23-18-5-3-4-17(21)19(18)22)24-10-12-25(13-11-24)15-6-8-16(27-2)9-7-15/h3-9,14H,10-13H2,1-2H3,(H,23,26)/p+1/t14-/m0/s1. The molecule has 1 saturated heterocycles. The van der Waals surface area contributed by atoms with Crippen molar-refractivity contribution < 1.29 is 14.4 Å². The highest BCUT2D eigenvalue weighted by molar-refractivity contribution is 6.44. The lowest BCUT2D eigenvalue weighted by Crippen LogP contribution is -3.19. The van der Waals surface area contributed by atoms with Crippen molar-refractivity contribution in [3.63, 3.8) is 0 Å². The third-order valence-corrected chi connectivity index (χ3v) is 5.88. The van der Waals surface area contributed by atoms with E-state index in [1.807, 2.05) is 19.1 Å². The van der Waals surface area contributed by atoms with Crippen LogP contribution in [0.1, 0.15) is 6.92 Å². The average Bonchev–Trinajstić information content (AvgIpc) is 2.71. The number of nitrogens with zero attached hydrogens (tertiary/aromatic N) is 1. The molecule has 1 fully saturated rings. The lowest BCUT2D eigenvalue weighted by atomic mass is 10.2. The third kappa shape index (κ3) is 4.67. The molecule has 0 bridgehead atoms. The van der Waals surface area contributed by atoms with E-state index in [1.54, 1.807) is 25.3 Å². The van der Waals surface area contributed by atoms with E-state index in [4.69, 9.17) is 27.9 Å². The molecule has 0 spiro atoms. The van der Waals surface area contributed by atoms with E-state index >= 15 is 0 Å². The Balaban J connectivity index is 1.56. The predicted molar refractivity (Wildman–Crippen MR) is 110 cm³/mol. The van der Waals surface area contributed by atoms with Gasteiger partial charge in [-0.15, -0.1) is 0 Å². The van der Waals surface area contributed by atoms with Crippen molar-refractivity contribution in [2.45, 2.75) is 13.0 Å². The zero-order valence-electron chi connectivity index (χ0n) is 15.5. The van der Waals surface area contributed by atoms with Gasteiger partial charge in [0.05, 0.1) is 49.0 Å². The fraction of sp³-hybridized carbons (Fsp3) is 0.350. The molecule has 1 amide bonds. The molecule has 0 unspecified atom stereocenters. The second-order valence-corrected chi connectivity index (χ2v) is 7.44. The maximum Gasteiger partial charge on any atom is 0.282 e. The quantitative estimate of drug-likeness (QED) is 0.799. The fourth-order valence-electron chi connectivity index (χ4n) is 3.30. The molecule has 0 radical (unpaired) electrons. The molecule has 2 aromatic rings. The molecule has 2 aromatic carbocycles. The molecule has 1 atom stereocenters. The molecule has 1 aliphatic heterocycles. The maximum absolute atomic E-state index is 12.6. The van der Waals surface area contributed by atoms with Crippen molar-refractivity contribution in [3.8, 4) is 5.75 Å². The minimum absolute atomic E-state index is 0.0490. The molecule has 27 heavy (non-hydrogen) atoms. The average molecular weight is 409 g/mol. The number of ether oxygens (including phenoxy) is 1. The molecule has 1 aliphatic rings. The van der Waals surface area contributed by atoms with Crippen LogP contribution in [0.25, 0.3) is 0 Å². The Morgan fingerprint density at radius 3 is 2.44 bits per heavy atom. The Labute approximate surface area is 169 Å². The van der Waals surface area contributed by atoms with Crippen LogP contribution in [0.2, 0.25) is 10.0 Å². The van der Waals surface area contributed by atoms with Gasteiger partial charge in [0, 0.05) is 5.69 Å². The zero-order valence-corrected chi connectivity index (χ0v) is 17.0. The summed E-state index contributed by atoms with van der Waals surface area (Å²) >= 11 is 12.2. The van der Waals surface area contributed by atoms with Gasteiger partial charge in [0.1, 0.15) is 5.75 Å². The molecule has 0 aromatic heterocycles. The van der Waals surface area contributed by atoms with Crippen LogP contribution in [0.15, 0.2) is 42.5 Å². The number of methoxy groups -OCH3 is 1. The molecule has 5 nitrogen and oxygen atoms in total. The second-order valence-electron chi connectivity index (χ2n) is 6.66. The van der Waals surface area contributed by atoms with Gasteiger partial charge in [-0.2, -0.15) is 0 Å². The first-order chi connectivity index (χ1) is 13.0. The number of carbonyl (C=O) groups excluding carboxylic acids is 1. The number of anilines is 2. The Morgan fingerprint density at radius 2 is 1.81 bits per heavy atom. The summed E-state index contributed by atoms with van der Waals surface area (Å²) in [6.45, 7) is 5.54. The fourth-order valence-corrected chi connectivity index (χ4v) is 3.65. The molecule has 0 aliphatic carbocycles. The Morgan fingerprint density at radius 1 is 1.15 bits per heavy atom. The molecule has 3 rings (SSSR count). The van der Waals surface area contributed by atoms with E-state index in [-0.39, 0.29) is 11.9 Å². The summed E-state index contributed by atoms with van der Waals surface area (Å²) in [6.07, 6.45) is 0. The van der Waals surface area contributed by atoms with E-state index in [1.165, 1.54) is 10.6 Å². The first-order valence-corrected chi connectivity index (χ1v) is 9.73. The van der Waals surface area contributed by atoms with Crippen LogP contribution in [-0.4, -0.2) is 45.2 Å². The van der Waals surface area contributed by atoms with Gasteiger partial charge in [0.25, 0.3) is 5.91 Å². The van der Waals surface area contributed by atoms with E-state index in [2.05, 4.69) is 22.3 Å². The van der Waals surface area contributed by atoms with Crippen LogP contribution in [0.3, 0.4) is 0 Å². The molecule has 2 N–H and O–H groups in total. The second kappa shape index (κ2) is 8.83. The Kier molecular flexibility index (Phi) is 6.47. The lowest BCUT2D eigenvalue weighted by molar-refractivity contribution is -0.914. The summed E-state index contributed by atoms with van der Waals surface area (Å²) in [6, 6.07) is 13.1. The zero-order chi connectivity index (χ0) is 19.4. The van der Waals surface area contributed by atoms with Gasteiger partial charge in [-0.05, 0) is 43.3 Å². The number of quaternary nitrogens is 1. The van der Waals surface area contributed by atoms with Crippen LogP contribution in [0.5, 0.6) is 5.75 Å². The van der Waals surface area contributed by atoms with Crippen molar-refractivity contribution in [3.05, 3.63) is 52.5 Å². The molecular formula is C20H24Cl2N3O2+. The monoisotopic (exact) mass is 408 g/mol. The van der Waals surface area contributed by atoms with Crippen molar-refractivity contribution >= 4 is 40.5 Å². The lowest BCUT2D eigenvalue weighted by Gasteiger charge is -2.36. The number of piperazine rings is 1. The number of hydrogen-bond acceptors (Lipinski definition) is 3. The summed E-state index contributed by atoms with van der Waals surface area (Å²) in [5, 5.41) is 3.71.